The van der Waals surface area contributed by atoms with Crippen molar-refractivity contribution < 1.29 is 23.1 Å². The zero-order valence-corrected chi connectivity index (χ0v) is 13.9. The molecule has 8 heteroatoms. The summed E-state index contributed by atoms with van der Waals surface area (Å²) in [6.45, 7) is 1.84. The predicted octanol–water partition coefficient (Wildman–Crippen LogP) is 3.16. The fourth-order valence-corrected chi connectivity index (χ4v) is 3.23. The zero-order valence-electron chi connectivity index (χ0n) is 12.3. The average molecular weight is 356 g/mol. The fourth-order valence-electron chi connectivity index (χ4n) is 1.89. The number of benzene rings is 2. The monoisotopic (exact) mass is 355 g/mol. The Morgan fingerprint density at radius 3 is 2.35 bits per heavy atom. The van der Waals surface area contributed by atoms with Crippen LogP contribution in [-0.2, 0) is 10.0 Å². The molecule has 0 aliphatic carbocycles. The van der Waals surface area contributed by atoms with Crippen molar-refractivity contribution in [3.8, 4) is 5.75 Å². The largest absolute Gasteiger partial charge is 0.496 e. The van der Waals surface area contributed by atoms with E-state index in [4.69, 9.17) is 21.4 Å². The van der Waals surface area contributed by atoms with Gasteiger partial charge in [0.15, 0.2) is 0 Å². The Kier molecular flexibility index (Phi) is 4.82. The van der Waals surface area contributed by atoms with Crippen LogP contribution in [0.2, 0.25) is 5.02 Å². The summed E-state index contributed by atoms with van der Waals surface area (Å²) in [5.74, 6) is -1.22. The van der Waals surface area contributed by atoms with Crippen LogP contribution in [0.3, 0.4) is 0 Å². The van der Waals surface area contributed by atoms with E-state index in [2.05, 4.69) is 4.72 Å². The molecule has 0 amide bonds. The third-order valence-electron chi connectivity index (χ3n) is 3.10. The van der Waals surface area contributed by atoms with E-state index in [0.717, 1.165) is 11.6 Å². The van der Waals surface area contributed by atoms with Crippen molar-refractivity contribution >= 4 is 33.3 Å². The van der Waals surface area contributed by atoms with Gasteiger partial charge in [-0.15, -0.1) is 0 Å². The van der Waals surface area contributed by atoms with Crippen molar-refractivity contribution in [2.45, 2.75) is 11.8 Å². The van der Waals surface area contributed by atoms with E-state index in [0.29, 0.717) is 0 Å². The van der Waals surface area contributed by atoms with Gasteiger partial charge >= 0.3 is 5.97 Å². The lowest BCUT2D eigenvalue weighted by Gasteiger charge is -2.13. The van der Waals surface area contributed by atoms with Crippen molar-refractivity contribution in [3.05, 3.63) is 52.5 Å². The van der Waals surface area contributed by atoms with Crippen LogP contribution in [0.4, 0.5) is 5.69 Å². The summed E-state index contributed by atoms with van der Waals surface area (Å²) < 4.78 is 32.0. The number of hydrogen-bond donors (Lipinski definition) is 2. The highest BCUT2D eigenvalue weighted by molar-refractivity contribution is 7.92. The highest BCUT2D eigenvalue weighted by atomic mass is 35.5. The molecule has 0 atom stereocenters. The summed E-state index contributed by atoms with van der Waals surface area (Å²) >= 11 is 5.98. The smallest absolute Gasteiger partial charge is 0.339 e. The van der Waals surface area contributed by atoms with Crippen LogP contribution in [0.5, 0.6) is 5.75 Å². The van der Waals surface area contributed by atoms with Gasteiger partial charge in [-0.2, -0.15) is 0 Å². The van der Waals surface area contributed by atoms with Crippen LogP contribution >= 0.6 is 11.6 Å². The van der Waals surface area contributed by atoms with E-state index in [1.807, 2.05) is 6.92 Å². The summed E-state index contributed by atoms with van der Waals surface area (Å²) in [5, 5.41) is 9.03. The minimum absolute atomic E-state index is 0.00325. The highest BCUT2D eigenvalue weighted by Crippen LogP contribution is 2.32. The van der Waals surface area contributed by atoms with Crippen molar-refractivity contribution in [1.29, 1.82) is 0 Å². The van der Waals surface area contributed by atoms with E-state index in [-0.39, 0.29) is 26.9 Å². The molecule has 0 unspecified atom stereocenters. The first-order valence-corrected chi connectivity index (χ1v) is 8.31. The molecule has 0 aliphatic rings. The third kappa shape index (κ3) is 3.75. The van der Waals surface area contributed by atoms with Gasteiger partial charge in [0, 0.05) is 6.07 Å². The molecule has 0 spiro atoms. The first-order valence-electron chi connectivity index (χ1n) is 6.45. The molecular weight excluding hydrogens is 342 g/mol. The van der Waals surface area contributed by atoms with Gasteiger partial charge in [0.2, 0.25) is 0 Å². The Balaban J connectivity index is 2.43. The topological polar surface area (TPSA) is 92.7 Å². The molecule has 6 nitrogen and oxygen atoms in total. The number of aromatic carboxylic acids is 1. The Bertz CT molecular complexity index is 847. The van der Waals surface area contributed by atoms with Crippen LogP contribution in [0.1, 0.15) is 15.9 Å². The molecule has 0 aliphatic heterocycles. The number of sulfonamides is 1. The number of methoxy groups -OCH3 is 1. The van der Waals surface area contributed by atoms with E-state index >= 15 is 0 Å². The molecule has 0 heterocycles. The number of carbonyl (C=O) groups is 1. The van der Waals surface area contributed by atoms with Crippen molar-refractivity contribution in [1.82, 2.24) is 0 Å². The van der Waals surface area contributed by atoms with E-state index in [1.54, 1.807) is 12.1 Å². The summed E-state index contributed by atoms with van der Waals surface area (Å²) in [7, 11) is -2.56. The lowest BCUT2D eigenvalue weighted by Crippen LogP contribution is -2.14. The van der Waals surface area contributed by atoms with Crippen LogP contribution < -0.4 is 9.46 Å². The minimum Gasteiger partial charge on any atom is -0.496 e. The fraction of sp³-hybridized carbons (Fsp3) is 0.133. The van der Waals surface area contributed by atoms with Gasteiger partial charge in [0.1, 0.15) is 11.3 Å². The normalized spacial score (nSPS) is 11.1. The first kappa shape index (κ1) is 17.1. The predicted molar refractivity (Wildman–Crippen MR) is 87.0 cm³/mol. The van der Waals surface area contributed by atoms with Crippen LogP contribution in [-0.4, -0.2) is 26.6 Å². The Morgan fingerprint density at radius 2 is 1.83 bits per heavy atom. The van der Waals surface area contributed by atoms with Gasteiger partial charge in [-0.05, 0) is 25.1 Å². The van der Waals surface area contributed by atoms with Gasteiger partial charge in [0.05, 0.1) is 22.7 Å². The number of nitrogens with one attached hydrogen (secondary N) is 1. The van der Waals surface area contributed by atoms with Gasteiger partial charge in [-0.3, -0.25) is 4.72 Å². The molecule has 0 aromatic heterocycles. The molecule has 2 aromatic rings. The lowest BCUT2D eigenvalue weighted by molar-refractivity contribution is 0.0693. The quantitative estimate of drug-likeness (QED) is 0.859. The first-order chi connectivity index (χ1) is 10.7. The molecule has 2 N–H and O–H groups in total. The average Bonchev–Trinajstić information content (AvgIpc) is 2.49. The maximum atomic E-state index is 12.4. The van der Waals surface area contributed by atoms with Crippen LogP contribution in [0, 0.1) is 6.92 Å². The molecular formula is C15H14ClNO5S. The third-order valence-corrected chi connectivity index (χ3v) is 4.79. The number of rotatable bonds is 5. The lowest BCUT2D eigenvalue weighted by atomic mass is 10.2. The maximum absolute atomic E-state index is 12.4. The maximum Gasteiger partial charge on any atom is 0.339 e. The number of halogens is 1. The summed E-state index contributed by atoms with van der Waals surface area (Å²) in [5.41, 5.74) is 0.805. The number of anilines is 1. The van der Waals surface area contributed by atoms with Crippen molar-refractivity contribution in [2.75, 3.05) is 11.8 Å². The van der Waals surface area contributed by atoms with Gasteiger partial charge < -0.3 is 9.84 Å². The molecule has 0 saturated carbocycles. The molecule has 0 bridgehead atoms. The SMILES string of the molecule is COc1cc(NS(=O)(=O)c2ccc(C)cc2)c(Cl)cc1C(=O)O. The van der Waals surface area contributed by atoms with Gasteiger partial charge in [-0.1, -0.05) is 29.3 Å². The molecule has 2 aromatic carbocycles. The second kappa shape index (κ2) is 6.47. The number of carboxylic acids is 1. The number of aryl methyl sites for hydroxylation is 1. The second-order valence-corrected chi connectivity index (χ2v) is 6.85. The van der Waals surface area contributed by atoms with E-state index in [1.165, 1.54) is 25.3 Å². The van der Waals surface area contributed by atoms with Crippen molar-refractivity contribution in [3.63, 3.8) is 0 Å². The summed E-state index contributed by atoms with van der Waals surface area (Å²) in [6, 6.07) is 8.64. The Labute approximate surface area is 138 Å². The minimum atomic E-state index is -3.85. The Morgan fingerprint density at radius 1 is 1.22 bits per heavy atom. The van der Waals surface area contributed by atoms with Gasteiger partial charge in [0.25, 0.3) is 10.0 Å². The second-order valence-electron chi connectivity index (χ2n) is 4.76. The highest BCUT2D eigenvalue weighted by Gasteiger charge is 2.19. The zero-order chi connectivity index (χ0) is 17.2. The molecule has 0 radical (unpaired) electrons. The number of hydrogen-bond acceptors (Lipinski definition) is 4. The van der Waals surface area contributed by atoms with Gasteiger partial charge in [-0.25, -0.2) is 13.2 Å². The molecule has 2 rings (SSSR count). The molecule has 23 heavy (non-hydrogen) atoms. The van der Waals surface area contributed by atoms with Crippen molar-refractivity contribution in [2.24, 2.45) is 0 Å². The summed E-state index contributed by atoms with van der Waals surface area (Å²) in [4.78, 5) is 11.2. The molecule has 122 valence electrons. The van der Waals surface area contributed by atoms with Crippen LogP contribution in [0.15, 0.2) is 41.3 Å². The Hall–Kier alpha value is -2.25. The molecule has 0 saturated heterocycles. The van der Waals surface area contributed by atoms with E-state index < -0.39 is 16.0 Å². The number of carboxylic acid groups (broad SMARTS) is 1. The van der Waals surface area contributed by atoms with Crippen LogP contribution in [0.25, 0.3) is 0 Å². The number of ether oxygens (including phenoxy) is 1. The summed E-state index contributed by atoms with van der Waals surface area (Å²) in [6.07, 6.45) is 0. The van der Waals surface area contributed by atoms with E-state index in [9.17, 15) is 13.2 Å². The standard InChI is InChI=1S/C15H14ClNO5S/c1-9-3-5-10(6-4-9)23(20,21)17-13-8-14(22-2)11(15(18)19)7-12(13)16/h3-8,17H,1-2H3,(H,18,19). The molecule has 0 fully saturated rings.